The van der Waals surface area contributed by atoms with Gasteiger partial charge in [0.25, 0.3) is 5.91 Å². The van der Waals surface area contributed by atoms with Gasteiger partial charge >= 0.3 is 0 Å². The Balaban J connectivity index is 1.78. The van der Waals surface area contributed by atoms with Crippen molar-refractivity contribution in [2.75, 3.05) is 19.6 Å². The average Bonchev–Trinajstić information content (AvgIpc) is 2.89. The highest BCUT2D eigenvalue weighted by Gasteiger charge is 2.29. The van der Waals surface area contributed by atoms with Crippen molar-refractivity contribution in [3.05, 3.63) is 22.4 Å². The zero-order valence-corrected chi connectivity index (χ0v) is 11.7. The summed E-state index contributed by atoms with van der Waals surface area (Å²) in [7, 11) is 0. The van der Waals surface area contributed by atoms with Crippen molar-refractivity contribution in [1.29, 1.82) is 0 Å². The molecule has 2 N–H and O–H groups in total. The first-order valence-electron chi connectivity index (χ1n) is 6.30. The number of aliphatic hydroxyl groups is 1. The molecule has 0 aliphatic carbocycles. The lowest BCUT2D eigenvalue weighted by Crippen LogP contribution is -2.48. The summed E-state index contributed by atoms with van der Waals surface area (Å²) in [6, 6.07) is 3.52. The number of hydrogen-bond donors (Lipinski definition) is 2. The summed E-state index contributed by atoms with van der Waals surface area (Å²) in [5.74, 6) is -0.312. The molecule has 2 rings (SSSR count). The molecule has 1 aromatic heterocycles. The van der Waals surface area contributed by atoms with E-state index in [2.05, 4.69) is 5.32 Å². The van der Waals surface area contributed by atoms with E-state index in [-0.39, 0.29) is 18.4 Å². The van der Waals surface area contributed by atoms with Crippen LogP contribution in [-0.2, 0) is 4.79 Å². The molecule has 0 saturated carbocycles. The second-order valence-electron chi connectivity index (χ2n) is 5.04. The highest BCUT2D eigenvalue weighted by molar-refractivity contribution is 7.12. The second-order valence-corrected chi connectivity index (χ2v) is 5.99. The number of amides is 2. The van der Waals surface area contributed by atoms with Crippen LogP contribution < -0.4 is 5.32 Å². The van der Waals surface area contributed by atoms with Crippen molar-refractivity contribution in [3.8, 4) is 0 Å². The van der Waals surface area contributed by atoms with Crippen LogP contribution in [0.25, 0.3) is 0 Å². The monoisotopic (exact) mass is 282 g/mol. The van der Waals surface area contributed by atoms with Crippen molar-refractivity contribution in [3.63, 3.8) is 0 Å². The van der Waals surface area contributed by atoms with Crippen LogP contribution in [0.1, 0.15) is 29.4 Å². The van der Waals surface area contributed by atoms with Gasteiger partial charge in [0.2, 0.25) is 5.91 Å². The maximum atomic E-state index is 11.9. The third-order valence-corrected chi connectivity index (χ3v) is 4.21. The molecule has 1 aromatic rings. The van der Waals surface area contributed by atoms with E-state index in [1.54, 1.807) is 24.0 Å². The van der Waals surface area contributed by atoms with Crippen LogP contribution in [0.2, 0.25) is 0 Å². The van der Waals surface area contributed by atoms with Gasteiger partial charge in [-0.05, 0) is 31.2 Å². The maximum absolute atomic E-state index is 11.9. The molecule has 6 heteroatoms. The minimum Gasteiger partial charge on any atom is -0.390 e. The van der Waals surface area contributed by atoms with Gasteiger partial charge in [-0.2, -0.15) is 0 Å². The van der Waals surface area contributed by atoms with Crippen molar-refractivity contribution in [1.82, 2.24) is 10.2 Å². The number of nitrogens with one attached hydrogen (secondary N) is 1. The van der Waals surface area contributed by atoms with Crippen LogP contribution in [0.4, 0.5) is 0 Å². The minimum absolute atomic E-state index is 0.0128. The quantitative estimate of drug-likeness (QED) is 0.863. The first-order chi connectivity index (χ1) is 8.98. The molecule has 1 aliphatic heterocycles. The summed E-state index contributed by atoms with van der Waals surface area (Å²) in [5, 5.41) is 14.3. The van der Waals surface area contributed by atoms with Gasteiger partial charge in [0.1, 0.15) is 0 Å². The molecule has 1 saturated heterocycles. The topological polar surface area (TPSA) is 69.6 Å². The van der Waals surface area contributed by atoms with Crippen LogP contribution in [0.3, 0.4) is 0 Å². The maximum Gasteiger partial charge on any atom is 0.261 e. The molecule has 2 heterocycles. The molecule has 2 amide bonds. The summed E-state index contributed by atoms with van der Waals surface area (Å²) < 4.78 is 0. The molecule has 0 bridgehead atoms. The molecule has 0 aromatic carbocycles. The number of carbonyl (C=O) groups is 2. The highest BCUT2D eigenvalue weighted by Crippen LogP contribution is 2.20. The van der Waals surface area contributed by atoms with E-state index in [0.29, 0.717) is 30.8 Å². The van der Waals surface area contributed by atoms with Gasteiger partial charge in [0.05, 0.1) is 17.0 Å². The Morgan fingerprint density at radius 2 is 2.16 bits per heavy atom. The van der Waals surface area contributed by atoms with E-state index in [0.717, 1.165) is 0 Å². The van der Waals surface area contributed by atoms with E-state index in [4.69, 9.17) is 0 Å². The molecule has 19 heavy (non-hydrogen) atoms. The number of hydrogen-bond acceptors (Lipinski definition) is 4. The number of piperidine rings is 1. The van der Waals surface area contributed by atoms with Gasteiger partial charge in [0, 0.05) is 13.1 Å². The van der Waals surface area contributed by atoms with Crippen molar-refractivity contribution in [2.45, 2.75) is 25.4 Å². The van der Waals surface area contributed by atoms with Crippen molar-refractivity contribution < 1.29 is 14.7 Å². The highest BCUT2D eigenvalue weighted by atomic mass is 32.1. The standard InChI is InChI=1S/C13H18N2O3S/c1-13(18)4-6-15(7-5-13)11(16)9-14-12(17)10-3-2-8-19-10/h2-3,8,18H,4-7,9H2,1H3,(H,14,17). The van der Waals surface area contributed by atoms with Gasteiger partial charge in [-0.3, -0.25) is 9.59 Å². The van der Waals surface area contributed by atoms with E-state index >= 15 is 0 Å². The van der Waals surface area contributed by atoms with Crippen molar-refractivity contribution >= 4 is 23.2 Å². The molecule has 5 nitrogen and oxygen atoms in total. The molecule has 1 fully saturated rings. The molecule has 104 valence electrons. The predicted octanol–water partition coefficient (Wildman–Crippen LogP) is 0.851. The smallest absolute Gasteiger partial charge is 0.261 e. The molecular formula is C13H18N2O3S. The second kappa shape index (κ2) is 5.71. The Bertz CT molecular complexity index is 446. The van der Waals surface area contributed by atoms with Gasteiger partial charge in [-0.25, -0.2) is 0 Å². The fourth-order valence-electron chi connectivity index (χ4n) is 2.00. The van der Waals surface area contributed by atoms with E-state index < -0.39 is 5.60 Å². The van der Waals surface area contributed by atoms with E-state index in [1.165, 1.54) is 11.3 Å². The first-order valence-corrected chi connectivity index (χ1v) is 7.18. The molecule has 0 spiro atoms. The lowest BCUT2D eigenvalue weighted by atomic mass is 9.94. The molecule has 1 aliphatic rings. The summed E-state index contributed by atoms with van der Waals surface area (Å²) in [5.41, 5.74) is -0.670. The van der Waals surface area contributed by atoms with Crippen LogP contribution in [-0.4, -0.2) is 47.1 Å². The van der Waals surface area contributed by atoms with Gasteiger partial charge < -0.3 is 15.3 Å². The Labute approximate surface area is 116 Å². The van der Waals surface area contributed by atoms with Crippen LogP contribution in [0.5, 0.6) is 0 Å². The van der Waals surface area contributed by atoms with Crippen LogP contribution >= 0.6 is 11.3 Å². The normalized spacial score (nSPS) is 18.1. The van der Waals surface area contributed by atoms with E-state index in [9.17, 15) is 14.7 Å². The number of thiophene rings is 1. The predicted molar refractivity (Wildman–Crippen MR) is 73.1 cm³/mol. The molecule has 0 atom stereocenters. The fourth-order valence-corrected chi connectivity index (χ4v) is 2.64. The molecule has 0 radical (unpaired) electrons. The van der Waals surface area contributed by atoms with Crippen LogP contribution in [0.15, 0.2) is 17.5 Å². The zero-order valence-electron chi connectivity index (χ0n) is 10.9. The molecular weight excluding hydrogens is 264 g/mol. The Morgan fingerprint density at radius 1 is 1.47 bits per heavy atom. The average molecular weight is 282 g/mol. The number of carbonyl (C=O) groups excluding carboxylic acids is 2. The van der Waals surface area contributed by atoms with Gasteiger partial charge in [-0.1, -0.05) is 6.07 Å². The fraction of sp³-hybridized carbons (Fsp3) is 0.538. The lowest BCUT2D eigenvalue weighted by molar-refractivity contribution is -0.133. The summed E-state index contributed by atoms with van der Waals surface area (Å²) in [4.78, 5) is 25.9. The first kappa shape index (κ1) is 14.0. The zero-order chi connectivity index (χ0) is 13.9. The summed E-state index contributed by atoms with van der Waals surface area (Å²) in [6.07, 6.45) is 1.16. The minimum atomic E-state index is -0.670. The number of likely N-dealkylation sites (tertiary alicyclic amines) is 1. The number of nitrogens with zero attached hydrogens (tertiary/aromatic N) is 1. The lowest BCUT2D eigenvalue weighted by Gasteiger charge is -2.35. The van der Waals surface area contributed by atoms with Gasteiger partial charge in [-0.15, -0.1) is 11.3 Å². The Morgan fingerprint density at radius 3 is 2.74 bits per heavy atom. The van der Waals surface area contributed by atoms with Crippen LogP contribution in [0, 0.1) is 0 Å². The summed E-state index contributed by atoms with van der Waals surface area (Å²) in [6.45, 7) is 2.88. The Hall–Kier alpha value is -1.40. The summed E-state index contributed by atoms with van der Waals surface area (Å²) >= 11 is 1.35. The Kier molecular flexibility index (Phi) is 4.21. The largest absolute Gasteiger partial charge is 0.390 e. The van der Waals surface area contributed by atoms with E-state index in [1.807, 2.05) is 5.38 Å². The third-order valence-electron chi connectivity index (χ3n) is 3.34. The molecule has 0 unspecified atom stereocenters. The SMILES string of the molecule is CC1(O)CCN(C(=O)CNC(=O)c2cccs2)CC1. The van der Waals surface area contributed by atoms with Crippen molar-refractivity contribution in [2.24, 2.45) is 0 Å². The van der Waals surface area contributed by atoms with Gasteiger partial charge in [0.15, 0.2) is 0 Å². The third kappa shape index (κ3) is 3.78. The number of rotatable bonds is 3.